The molecule has 0 spiro atoms. The summed E-state index contributed by atoms with van der Waals surface area (Å²) in [5.41, 5.74) is 0.0965. The second-order valence-electron chi connectivity index (χ2n) is 2.36. The van der Waals surface area contributed by atoms with E-state index in [1.807, 2.05) is 0 Å². The number of rotatable bonds is 1. The van der Waals surface area contributed by atoms with Crippen LogP contribution in [-0.4, -0.2) is 12.8 Å². The number of carboxylic acids is 1. The monoisotopic (exact) mass is 188 g/mol. The molecule has 1 aliphatic heterocycles. The molecule has 0 saturated carbocycles. The number of carbonyl (C=O) groups excluding carboxylic acids is 1. The predicted molar refractivity (Wildman–Crippen MR) is 36.9 cm³/mol. The molecule has 2 rings (SSSR count). The average molecular weight is 188 g/mol. The first-order valence-corrected chi connectivity index (χ1v) is 3.38. The van der Waals surface area contributed by atoms with Crippen molar-refractivity contribution < 1.29 is 48.9 Å². The molecule has 0 N–H and O–H groups in total. The van der Waals surface area contributed by atoms with Crippen molar-refractivity contribution >= 4 is 5.97 Å². The van der Waals surface area contributed by atoms with Gasteiger partial charge in [0.15, 0.2) is 11.5 Å². The van der Waals surface area contributed by atoms with Crippen molar-refractivity contribution in [2.24, 2.45) is 0 Å². The van der Waals surface area contributed by atoms with Gasteiger partial charge in [-0.1, -0.05) is 0 Å². The van der Waals surface area contributed by atoms with Crippen LogP contribution in [0, 0.1) is 0 Å². The Morgan fingerprint density at radius 2 is 2.00 bits per heavy atom. The van der Waals surface area contributed by atoms with E-state index in [0.717, 1.165) is 0 Å². The van der Waals surface area contributed by atoms with Crippen molar-refractivity contribution in [2.75, 3.05) is 6.79 Å². The minimum Gasteiger partial charge on any atom is -0.545 e. The Hall–Kier alpha value is -0.710. The molecule has 0 unspecified atom stereocenters. The number of fused-ring (bicyclic) bond motifs is 1. The van der Waals surface area contributed by atoms with Crippen molar-refractivity contribution in [1.29, 1.82) is 0 Å². The molecule has 0 atom stereocenters. The molecule has 1 heterocycles. The van der Waals surface area contributed by atoms with Crippen LogP contribution >= 0.6 is 0 Å². The van der Waals surface area contributed by atoms with Gasteiger partial charge in [0.2, 0.25) is 6.79 Å². The van der Waals surface area contributed by atoms with Gasteiger partial charge in [-0.3, -0.25) is 0 Å². The maximum Gasteiger partial charge on any atom is 1.00 e. The van der Waals surface area contributed by atoms with Gasteiger partial charge in [-0.2, -0.15) is 0 Å². The van der Waals surface area contributed by atoms with Gasteiger partial charge in [0.1, 0.15) is 0 Å². The van der Waals surface area contributed by atoms with Crippen LogP contribution in [0.4, 0.5) is 0 Å². The smallest absolute Gasteiger partial charge is 0.545 e. The molecule has 0 aromatic heterocycles. The number of benzene rings is 1. The van der Waals surface area contributed by atoms with Gasteiger partial charge in [0.25, 0.3) is 0 Å². The van der Waals surface area contributed by atoms with Crippen molar-refractivity contribution in [3.8, 4) is 11.5 Å². The summed E-state index contributed by atoms with van der Waals surface area (Å²) in [7, 11) is 0. The van der Waals surface area contributed by atoms with E-state index in [-0.39, 0.29) is 41.9 Å². The molecule has 1 aliphatic rings. The molecule has 1 aromatic carbocycles. The topological polar surface area (TPSA) is 58.6 Å². The third-order valence-electron chi connectivity index (χ3n) is 1.61. The van der Waals surface area contributed by atoms with Gasteiger partial charge in [-0.05, 0) is 18.2 Å². The Kier molecular flexibility index (Phi) is 3.19. The largest absolute Gasteiger partial charge is 1.00 e. The third-order valence-corrected chi connectivity index (χ3v) is 1.61. The molecule has 13 heavy (non-hydrogen) atoms. The van der Waals surface area contributed by atoms with Crippen molar-refractivity contribution in [2.45, 2.75) is 0 Å². The van der Waals surface area contributed by atoms with E-state index < -0.39 is 5.97 Å². The van der Waals surface area contributed by atoms with Gasteiger partial charge in [-0.25, -0.2) is 0 Å². The SMILES string of the molecule is O=C([O-])c1ccc2c(c1)OCO2.[Na+]. The molecule has 0 amide bonds. The maximum absolute atomic E-state index is 10.4. The van der Waals surface area contributed by atoms with Crippen LogP contribution < -0.4 is 44.1 Å². The molecule has 4 nitrogen and oxygen atoms in total. The molecular formula is C8H5NaO4. The molecule has 0 radical (unpaired) electrons. The maximum atomic E-state index is 10.4. The quantitative estimate of drug-likeness (QED) is 0.435. The van der Waals surface area contributed by atoms with E-state index >= 15 is 0 Å². The first-order valence-electron chi connectivity index (χ1n) is 3.38. The molecule has 0 aliphatic carbocycles. The van der Waals surface area contributed by atoms with Crippen LogP contribution in [0.2, 0.25) is 0 Å². The number of hydrogen-bond acceptors (Lipinski definition) is 4. The zero-order valence-corrected chi connectivity index (χ0v) is 9.07. The minimum absolute atomic E-state index is 0. The van der Waals surface area contributed by atoms with Gasteiger partial charge in [0.05, 0.1) is 5.97 Å². The Bertz CT molecular complexity index is 337. The van der Waals surface area contributed by atoms with Crippen molar-refractivity contribution in [1.82, 2.24) is 0 Å². The fraction of sp³-hybridized carbons (Fsp3) is 0.125. The average Bonchev–Trinajstić information content (AvgIpc) is 2.49. The Balaban J connectivity index is 0.000000845. The van der Waals surface area contributed by atoms with E-state index in [1.165, 1.54) is 12.1 Å². The van der Waals surface area contributed by atoms with Crippen LogP contribution in [-0.2, 0) is 0 Å². The molecule has 5 heteroatoms. The van der Waals surface area contributed by atoms with Crippen molar-refractivity contribution in [3.63, 3.8) is 0 Å². The Morgan fingerprint density at radius 3 is 2.69 bits per heavy atom. The fourth-order valence-corrected chi connectivity index (χ4v) is 1.02. The zero-order valence-electron chi connectivity index (χ0n) is 7.07. The number of ether oxygens (including phenoxy) is 2. The van der Waals surface area contributed by atoms with E-state index in [1.54, 1.807) is 6.07 Å². The molecule has 62 valence electrons. The van der Waals surface area contributed by atoms with Crippen LogP contribution in [0.1, 0.15) is 10.4 Å². The minimum atomic E-state index is -1.21. The van der Waals surface area contributed by atoms with Crippen LogP contribution in [0.15, 0.2) is 18.2 Å². The normalized spacial score (nSPS) is 12.0. The molecule has 0 bridgehead atoms. The molecule has 1 aromatic rings. The molecule has 0 fully saturated rings. The first-order chi connectivity index (χ1) is 5.77. The summed E-state index contributed by atoms with van der Waals surface area (Å²) in [5.74, 6) is -0.190. The van der Waals surface area contributed by atoms with Crippen LogP contribution in [0.5, 0.6) is 11.5 Å². The summed E-state index contributed by atoms with van der Waals surface area (Å²) in [6.07, 6.45) is 0. The van der Waals surface area contributed by atoms with E-state index in [2.05, 4.69) is 0 Å². The third kappa shape index (κ3) is 1.96. The molecule has 0 saturated heterocycles. The van der Waals surface area contributed by atoms with Gasteiger partial charge < -0.3 is 19.4 Å². The summed E-state index contributed by atoms with van der Waals surface area (Å²) in [6, 6.07) is 4.36. The first kappa shape index (κ1) is 10.4. The fourth-order valence-electron chi connectivity index (χ4n) is 1.02. The zero-order chi connectivity index (χ0) is 8.55. The van der Waals surface area contributed by atoms with Gasteiger partial charge >= 0.3 is 29.6 Å². The van der Waals surface area contributed by atoms with Crippen LogP contribution in [0.25, 0.3) is 0 Å². The van der Waals surface area contributed by atoms with Gasteiger partial charge in [-0.15, -0.1) is 0 Å². The number of aromatic carboxylic acids is 1. The standard InChI is InChI=1S/C8H6O4.Na/c9-8(10)5-1-2-6-7(3-5)12-4-11-6;/h1-3H,4H2,(H,9,10);/q;+1/p-1. The van der Waals surface area contributed by atoms with Gasteiger partial charge in [0, 0.05) is 5.56 Å². The molecular weight excluding hydrogens is 183 g/mol. The number of carboxylic acid groups (broad SMARTS) is 1. The van der Waals surface area contributed by atoms with E-state index in [4.69, 9.17) is 9.47 Å². The number of carbonyl (C=O) groups is 1. The predicted octanol–water partition coefficient (Wildman–Crippen LogP) is -3.22. The summed E-state index contributed by atoms with van der Waals surface area (Å²) in [6.45, 7) is 0.145. The summed E-state index contributed by atoms with van der Waals surface area (Å²) in [5, 5.41) is 10.4. The van der Waals surface area contributed by atoms with Crippen LogP contribution in [0.3, 0.4) is 0 Å². The summed E-state index contributed by atoms with van der Waals surface area (Å²) < 4.78 is 9.97. The Labute approximate surface area is 96.8 Å². The summed E-state index contributed by atoms with van der Waals surface area (Å²) in [4.78, 5) is 10.4. The van der Waals surface area contributed by atoms with E-state index in [9.17, 15) is 9.90 Å². The number of hydrogen-bond donors (Lipinski definition) is 0. The summed E-state index contributed by atoms with van der Waals surface area (Å²) >= 11 is 0. The van der Waals surface area contributed by atoms with Crippen molar-refractivity contribution in [3.05, 3.63) is 23.8 Å². The second-order valence-corrected chi connectivity index (χ2v) is 2.36. The second kappa shape index (κ2) is 4.00. The van der Waals surface area contributed by atoms with E-state index in [0.29, 0.717) is 11.5 Å². The Morgan fingerprint density at radius 1 is 1.31 bits per heavy atom.